The third kappa shape index (κ3) is 2.87. The molecular weight excluding hydrogens is 252 g/mol. The van der Waals surface area contributed by atoms with Crippen molar-refractivity contribution in [2.24, 2.45) is 0 Å². The van der Waals surface area contributed by atoms with Gasteiger partial charge in [0.15, 0.2) is 0 Å². The Labute approximate surface area is 104 Å². The summed E-state index contributed by atoms with van der Waals surface area (Å²) in [5.41, 5.74) is 0.807. The molecule has 0 spiro atoms. The van der Waals surface area contributed by atoms with E-state index in [4.69, 9.17) is 5.26 Å². The first-order chi connectivity index (χ1) is 8.61. The SMILES string of the molecule is N#Cc1ccccc1CS(=O)(=O)Nc1ncc[nH]1. The van der Waals surface area contributed by atoms with Gasteiger partial charge < -0.3 is 4.98 Å². The van der Waals surface area contributed by atoms with Gasteiger partial charge in [-0.05, 0) is 11.6 Å². The minimum atomic E-state index is -3.59. The van der Waals surface area contributed by atoms with Gasteiger partial charge in [0, 0.05) is 12.4 Å². The lowest BCUT2D eigenvalue weighted by Crippen LogP contribution is -2.16. The van der Waals surface area contributed by atoms with Crippen molar-refractivity contribution in [3.63, 3.8) is 0 Å². The van der Waals surface area contributed by atoms with Crippen molar-refractivity contribution < 1.29 is 8.42 Å². The van der Waals surface area contributed by atoms with E-state index in [1.165, 1.54) is 12.4 Å². The number of hydrogen-bond donors (Lipinski definition) is 2. The van der Waals surface area contributed by atoms with E-state index in [1.54, 1.807) is 24.3 Å². The molecular formula is C11H10N4O2S. The van der Waals surface area contributed by atoms with Gasteiger partial charge in [0.25, 0.3) is 0 Å². The van der Waals surface area contributed by atoms with Crippen molar-refractivity contribution in [1.29, 1.82) is 5.26 Å². The minimum Gasteiger partial charge on any atom is -0.330 e. The smallest absolute Gasteiger partial charge is 0.239 e. The molecule has 0 aliphatic carbocycles. The first kappa shape index (κ1) is 12.1. The van der Waals surface area contributed by atoms with Crippen molar-refractivity contribution in [1.82, 2.24) is 9.97 Å². The Morgan fingerprint density at radius 3 is 2.83 bits per heavy atom. The first-order valence-electron chi connectivity index (χ1n) is 5.08. The summed E-state index contributed by atoms with van der Waals surface area (Å²) < 4.78 is 26.0. The molecule has 0 saturated carbocycles. The summed E-state index contributed by atoms with van der Waals surface area (Å²) >= 11 is 0. The van der Waals surface area contributed by atoms with E-state index in [0.29, 0.717) is 11.1 Å². The van der Waals surface area contributed by atoms with E-state index in [2.05, 4.69) is 14.7 Å². The summed E-state index contributed by atoms with van der Waals surface area (Å²) in [6, 6.07) is 8.54. The van der Waals surface area contributed by atoms with Gasteiger partial charge in [-0.3, -0.25) is 4.72 Å². The van der Waals surface area contributed by atoms with Crippen LogP contribution in [-0.4, -0.2) is 18.4 Å². The maximum Gasteiger partial charge on any atom is 0.239 e. The first-order valence-corrected chi connectivity index (χ1v) is 6.74. The Bertz CT molecular complexity index is 671. The number of rotatable bonds is 4. The van der Waals surface area contributed by atoms with Crippen LogP contribution in [0.25, 0.3) is 0 Å². The van der Waals surface area contributed by atoms with Gasteiger partial charge in [0.1, 0.15) is 0 Å². The number of H-pyrrole nitrogens is 1. The van der Waals surface area contributed by atoms with Crippen LogP contribution in [0.15, 0.2) is 36.7 Å². The molecule has 1 aromatic heterocycles. The van der Waals surface area contributed by atoms with Crippen LogP contribution < -0.4 is 4.72 Å². The fraction of sp³-hybridized carbons (Fsp3) is 0.0909. The molecule has 1 heterocycles. The number of anilines is 1. The molecule has 0 aliphatic heterocycles. The van der Waals surface area contributed by atoms with E-state index >= 15 is 0 Å². The molecule has 0 fully saturated rings. The standard InChI is InChI=1S/C11H10N4O2S/c12-7-9-3-1-2-4-10(9)8-18(16,17)15-11-13-5-6-14-11/h1-6H,8H2,(H2,13,14,15). The largest absolute Gasteiger partial charge is 0.330 e. The Kier molecular flexibility index (Phi) is 3.30. The Morgan fingerprint density at radius 2 is 2.17 bits per heavy atom. The molecule has 0 radical (unpaired) electrons. The van der Waals surface area contributed by atoms with Crippen LogP contribution in [0.3, 0.4) is 0 Å². The third-order valence-electron chi connectivity index (χ3n) is 2.23. The number of aromatic nitrogens is 2. The predicted molar refractivity (Wildman–Crippen MR) is 66.0 cm³/mol. The number of imidazole rings is 1. The molecule has 0 atom stereocenters. The number of nitrogens with zero attached hydrogens (tertiary/aromatic N) is 2. The Morgan fingerprint density at radius 1 is 1.39 bits per heavy atom. The zero-order chi connectivity index (χ0) is 13.0. The van der Waals surface area contributed by atoms with E-state index in [9.17, 15) is 8.42 Å². The Balaban J connectivity index is 2.21. The number of sulfonamides is 1. The van der Waals surface area contributed by atoms with Gasteiger partial charge >= 0.3 is 0 Å². The highest BCUT2D eigenvalue weighted by molar-refractivity contribution is 7.91. The zero-order valence-corrected chi connectivity index (χ0v) is 10.1. The fourth-order valence-electron chi connectivity index (χ4n) is 1.46. The second kappa shape index (κ2) is 4.89. The number of aromatic amines is 1. The topological polar surface area (TPSA) is 98.6 Å². The van der Waals surface area contributed by atoms with Crippen LogP contribution >= 0.6 is 0 Å². The molecule has 2 rings (SSSR count). The number of hydrogen-bond acceptors (Lipinski definition) is 4. The number of nitriles is 1. The van der Waals surface area contributed by atoms with Crippen LogP contribution in [-0.2, 0) is 15.8 Å². The second-order valence-electron chi connectivity index (χ2n) is 3.57. The number of benzene rings is 1. The summed E-state index contributed by atoms with van der Waals surface area (Å²) in [7, 11) is -3.59. The van der Waals surface area contributed by atoms with Crippen LogP contribution in [0.1, 0.15) is 11.1 Å². The maximum absolute atomic E-state index is 11.9. The van der Waals surface area contributed by atoms with Crippen molar-refractivity contribution >= 4 is 16.0 Å². The summed E-state index contributed by atoms with van der Waals surface area (Å²) in [4.78, 5) is 6.42. The monoisotopic (exact) mass is 262 g/mol. The lowest BCUT2D eigenvalue weighted by molar-refractivity contribution is 0.600. The van der Waals surface area contributed by atoms with Crippen LogP contribution in [0.2, 0.25) is 0 Å². The summed E-state index contributed by atoms with van der Waals surface area (Å²) in [6.45, 7) is 0. The average molecular weight is 262 g/mol. The molecule has 0 bridgehead atoms. The van der Waals surface area contributed by atoms with Gasteiger partial charge in [0.2, 0.25) is 16.0 Å². The van der Waals surface area contributed by atoms with Crippen LogP contribution in [0.4, 0.5) is 5.95 Å². The van der Waals surface area contributed by atoms with Gasteiger partial charge in [-0.2, -0.15) is 5.26 Å². The molecule has 2 N–H and O–H groups in total. The molecule has 6 nitrogen and oxygen atoms in total. The molecule has 0 amide bonds. The molecule has 92 valence electrons. The number of nitrogens with one attached hydrogen (secondary N) is 2. The summed E-state index contributed by atoms with van der Waals surface area (Å²) in [5.74, 6) is -0.110. The van der Waals surface area contributed by atoms with Crippen molar-refractivity contribution in [3.05, 3.63) is 47.8 Å². The van der Waals surface area contributed by atoms with E-state index in [-0.39, 0.29) is 11.7 Å². The summed E-state index contributed by atoms with van der Waals surface area (Å²) in [6.07, 6.45) is 2.96. The van der Waals surface area contributed by atoms with Crippen molar-refractivity contribution in [2.75, 3.05) is 4.72 Å². The minimum absolute atomic E-state index is 0.157. The molecule has 1 aromatic carbocycles. The van der Waals surface area contributed by atoms with Crippen molar-refractivity contribution in [2.45, 2.75) is 5.75 Å². The molecule has 18 heavy (non-hydrogen) atoms. The van der Waals surface area contributed by atoms with E-state index < -0.39 is 10.0 Å². The van der Waals surface area contributed by atoms with Crippen molar-refractivity contribution in [3.8, 4) is 6.07 Å². The average Bonchev–Trinajstić information content (AvgIpc) is 2.81. The highest BCUT2D eigenvalue weighted by Gasteiger charge is 2.15. The highest BCUT2D eigenvalue weighted by Crippen LogP contribution is 2.12. The van der Waals surface area contributed by atoms with Gasteiger partial charge in [-0.15, -0.1) is 0 Å². The normalized spacial score (nSPS) is 10.8. The van der Waals surface area contributed by atoms with Crippen LogP contribution in [0.5, 0.6) is 0 Å². The van der Waals surface area contributed by atoms with Gasteiger partial charge in [0.05, 0.1) is 17.4 Å². The second-order valence-corrected chi connectivity index (χ2v) is 5.29. The lowest BCUT2D eigenvalue weighted by Gasteiger charge is -2.06. The molecule has 0 unspecified atom stereocenters. The predicted octanol–water partition coefficient (Wildman–Crippen LogP) is 1.22. The van der Waals surface area contributed by atoms with Gasteiger partial charge in [-0.25, -0.2) is 13.4 Å². The van der Waals surface area contributed by atoms with Gasteiger partial charge in [-0.1, -0.05) is 18.2 Å². The summed E-state index contributed by atoms with van der Waals surface area (Å²) in [5, 5.41) is 8.89. The van der Waals surface area contributed by atoms with E-state index in [1.807, 2.05) is 6.07 Å². The highest BCUT2D eigenvalue weighted by atomic mass is 32.2. The molecule has 0 aliphatic rings. The van der Waals surface area contributed by atoms with E-state index in [0.717, 1.165) is 0 Å². The molecule has 7 heteroatoms. The van der Waals surface area contributed by atoms with Crippen LogP contribution in [0, 0.1) is 11.3 Å². The molecule has 0 saturated heterocycles. The fourth-order valence-corrected chi connectivity index (χ4v) is 2.60. The molecule has 2 aromatic rings. The third-order valence-corrected chi connectivity index (χ3v) is 3.43. The Hall–Kier alpha value is -2.33. The maximum atomic E-state index is 11.9. The lowest BCUT2D eigenvalue weighted by atomic mass is 10.1. The zero-order valence-electron chi connectivity index (χ0n) is 9.29. The quantitative estimate of drug-likeness (QED) is 0.865.